The standard InChI is InChI=1S/C30H31N3O4/c1-2-28(34)32-16-8-13-25(19-32)30(36)37-20-29(35)33-27(22-10-4-3-5-11-22)18-26(31-33)24-15-14-21-9-6-7-12-23(21)17-24/h3-7,9-12,14-15,17,25,27H,2,8,13,16,18-20H2,1H3. The zero-order chi connectivity index (χ0) is 25.8. The molecule has 0 spiro atoms. The third-order valence-electron chi connectivity index (χ3n) is 7.18. The first-order valence-electron chi connectivity index (χ1n) is 12.9. The Morgan fingerprint density at radius 2 is 1.70 bits per heavy atom. The summed E-state index contributed by atoms with van der Waals surface area (Å²) in [5.74, 6) is -1.17. The molecule has 190 valence electrons. The number of likely N-dealkylation sites (tertiary alicyclic amines) is 1. The van der Waals surface area contributed by atoms with Crippen molar-refractivity contribution in [2.75, 3.05) is 19.7 Å². The van der Waals surface area contributed by atoms with Crippen LogP contribution in [0, 0.1) is 5.92 Å². The van der Waals surface area contributed by atoms with Gasteiger partial charge < -0.3 is 9.64 Å². The number of hydrogen-bond acceptors (Lipinski definition) is 5. The van der Waals surface area contributed by atoms with Crippen LogP contribution in [0.4, 0.5) is 0 Å². The minimum absolute atomic E-state index is 0.0342. The van der Waals surface area contributed by atoms with Gasteiger partial charge in [0.05, 0.1) is 17.7 Å². The molecule has 2 unspecified atom stereocenters. The van der Waals surface area contributed by atoms with E-state index in [2.05, 4.69) is 24.3 Å². The van der Waals surface area contributed by atoms with Gasteiger partial charge in [0.2, 0.25) is 5.91 Å². The Hall–Kier alpha value is -4.00. The number of carbonyl (C=O) groups is 3. The topological polar surface area (TPSA) is 79.3 Å². The number of fused-ring (bicyclic) bond motifs is 1. The second kappa shape index (κ2) is 10.9. The molecule has 0 N–H and O–H groups in total. The van der Waals surface area contributed by atoms with E-state index in [0.29, 0.717) is 32.4 Å². The Bertz CT molecular complexity index is 1340. The molecule has 7 heteroatoms. The minimum atomic E-state index is -0.434. The van der Waals surface area contributed by atoms with Crippen molar-refractivity contribution in [1.29, 1.82) is 0 Å². The minimum Gasteiger partial charge on any atom is -0.455 e. The lowest BCUT2D eigenvalue weighted by atomic mass is 9.97. The highest BCUT2D eigenvalue weighted by Gasteiger charge is 2.35. The molecule has 3 aromatic carbocycles. The largest absolute Gasteiger partial charge is 0.455 e. The van der Waals surface area contributed by atoms with Crippen LogP contribution in [-0.4, -0.2) is 53.1 Å². The average molecular weight is 498 g/mol. The summed E-state index contributed by atoms with van der Waals surface area (Å²) < 4.78 is 5.46. The highest BCUT2D eigenvalue weighted by atomic mass is 16.5. The van der Waals surface area contributed by atoms with Crippen molar-refractivity contribution in [3.63, 3.8) is 0 Å². The van der Waals surface area contributed by atoms with Crippen molar-refractivity contribution in [1.82, 2.24) is 9.91 Å². The number of hydrogen-bond donors (Lipinski definition) is 0. The van der Waals surface area contributed by atoms with E-state index in [9.17, 15) is 14.4 Å². The number of ether oxygens (including phenoxy) is 1. The van der Waals surface area contributed by atoms with Crippen LogP contribution in [0.3, 0.4) is 0 Å². The number of hydrazone groups is 1. The molecule has 0 bridgehead atoms. The molecule has 2 aliphatic rings. The first-order chi connectivity index (χ1) is 18.0. The van der Waals surface area contributed by atoms with Crippen molar-refractivity contribution < 1.29 is 19.1 Å². The Kier molecular flexibility index (Phi) is 7.30. The molecule has 0 aromatic heterocycles. The molecule has 37 heavy (non-hydrogen) atoms. The first-order valence-corrected chi connectivity index (χ1v) is 12.9. The van der Waals surface area contributed by atoms with E-state index in [1.165, 1.54) is 5.01 Å². The molecule has 2 atom stereocenters. The third-order valence-corrected chi connectivity index (χ3v) is 7.18. The fourth-order valence-electron chi connectivity index (χ4n) is 5.15. The molecule has 2 amide bonds. The lowest BCUT2D eigenvalue weighted by molar-refractivity contribution is -0.158. The predicted octanol–water partition coefficient (Wildman–Crippen LogP) is 4.71. The molecule has 0 radical (unpaired) electrons. The summed E-state index contributed by atoms with van der Waals surface area (Å²) in [5.41, 5.74) is 2.76. The maximum Gasteiger partial charge on any atom is 0.311 e. The Morgan fingerprint density at radius 3 is 2.49 bits per heavy atom. The second-order valence-corrected chi connectivity index (χ2v) is 9.62. The third kappa shape index (κ3) is 5.40. The maximum absolute atomic E-state index is 13.3. The van der Waals surface area contributed by atoms with E-state index in [-0.39, 0.29) is 24.5 Å². The number of esters is 1. The molecule has 2 aliphatic heterocycles. The van der Waals surface area contributed by atoms with Crippen LogP contribution in [-0.2, 0) is 19.1 Å². The normalized spacial score (nSPS) is 19.5. The maximum atomic E-state index is 13.3. The molecule has 0 aliphatic carbocycles. The van der Waals surface area contributed by atoms with Gasteiger partial charge in [-0.15, -0.1) is 0 Å². The summed E-state index contributed by atoms with van der Waals surface area (Å²) in [4.78, 5) is 39.8. The van der Waals surface area contributed by atoms with E-state index in [0.717, 1.165) is 34.0 Å². The summed E-state index contributed by atoms with van der Waals surface area (Å²) in [6.07, 6.45) is 2.38. The summed E-state index contributed by atoms with van der Waals surface area (Å²) in [7, 11) is 0. The van der Waals surface area contributed by atoms with Crippen molar-refractivity contribution in [2.24, 2.45) is 11.0 Å². The molecule has 1 fully saturated rings. The van der Waals surface area contributed by atoms with Crippen LogP contribution in [0.25, 0.3) is 10.8 Å². The van der Waals surface area contributed by atoms with Crippen molar-refractivity contribution in [3.8, 4) is 0 Å². The van der Waals surface area contributed by atoms with Gasteiger partial charge in [-0.3, -0.25) is 14.4 Å². The number of amides is 2. The second-order valence-electron chi connectivity index (χ2n) is 9.62. The number of benzene rings is 3. The van der Waals surface area contributed by atoms with Gasteiger partial charge in [-0.1, -0.05) is 73.7 Å². The van der Waals surface area contributed by atoms with Crippen molar-refractivity contribution >= 4 is 34.3 Å². The van der Waals surface area contributed by atoms with Crippen molar-refractivity contribution in [2.45, 2.75) is 38.6 Å². The molecule has 1 saturated heterocycles. The van der Waals surface area contributed by atoms with Gasteiger partial charge in [-0.05, 0) is 40.8 Å². The Balaban J connectivity index is 1.32. The quantitative estimate of drug-likeness (QED) is 0.462. The van der Waals surface area contributed by atoms with Gasteiger partial charge in [-0.2, -0.15) is 5.10 Å². The number of rotatable bonds is 6. The van der Waals surface area contributed by atoms with E-state index < -0.39 is 11.9 Å². The SMILES string of the molecule is CCC(=O)N1CCCC(C(=O)OCC(=O)N2N=C(c3ccc4ccccc4c3)CC2c2ccccc2)C1. The molecule has 3 aromatic rings. The number of nitrogens with zero attached hydrogens (tertiary/aromatic N) is 3. The van der Waals surface area contributed by atoms with Gasteiger partial charge >= 0.3 is 5.97 Å². The molecular weight excluding hydrogens is 466 g/mol. The average Bonchev–Trinajstić information content (AvgIpc) is 3.41. The van der Waals surface area contributed by atoms with Crippen LogP contribution in [0.5, 0.6) is 0 Å². The van der Waals surface area contributed by atoms with Crippen LogP contribution < -0.4 is 0 Å². The highest BCUT2D eigenvalue weighted by Crippen LogP contribution is 2.33. The molecular formula is C30H31N3O4. The predicted molar refractivity (Wildman–Crippen MR) is 142 cm³/mol. The van der Waals surface area contributed by atoms with Gasteiger partial charge in [0.25, 0.3) is 5.91 Å². The lowest BCUT2D eigenvalue weighted by Crippen LogP contribution is -2.43. The fraction of sp³-hybridized carbons (Fsp3) is 0.333. The Morgan fingerprint density at radius 1 is 0.946 bits per heavy atom. The van der Waals surface area contributed by atoms with E-state index in [1.54, 1.807) is 4.90 Å². The zero-order valence-electron chi connectivity index (χ0n) is 21.0. The molecule has 5 rings (SSSR count). The summed E-state index contributed by atoms with van der Waals surface area (Å²) >= 11 is 0. The molecule has 2 heterocycles. The highest BCUT2D eigenvalue weighted by molar-refractivity contribution is 6.05. The molecule has 7 nitrogen and oxygen atoms in total. The lowest BCUT2D eigenvalue weighted by Gasteiger charge is -2.31. The monoisotopic (exact) mass is 497 g/mol. The van der Waals surface area contributed by atoms with Gasteiger partial charge in [-0.25, -0.2) is 5.01 Å². The fourth-order valence-corrected chi connectivity index (χ4v) is 5.15. The van der Waals surface area contributed by atoms with E-state index in [1.807, 2.05) is 55.5 Å². The number of piperidine rings is 1. The van der Waals surface area contributed by atoms with E-state index >= 15 is 0 Å². The summed E-state index contributed by atoms with van der Waals surface area (Å²) in [6.45, 7) is 2.44. The number of carbonyl (C=O) groups excluding carboxylic acids is 3. The van der Waals surface area contributed by atoms with Gasteiger partial charge in [0.1, 0.15) is 0 Å². The molecule has 0 saturated carbocycles. The van der Waals surface area contributed by atoms with Crippen LogP contribution in [0.1, 0.15) is 49.8 Å². The smallest absolute Gasteiger partial charge is 0.311 e. The van der Waals surface area contributed by atoms with Crippen LogP contribution >= 0.6 is 0 Å². The van der Waals surface area contributed by atoms with Crippen LogP contribution in [0.2, 0.25) is 0 Å². The van der Waals surface area contributed by atoms with E-state index in [4.69, 9.17) is 9.84 Å². The van der Waals surface area contributed by atoms with Gasteiger partial charge in [0.15, 0.2) is 6.61 Å². The van der Waals surface area contributed by atoms with Crippen molar-refractivity contribution in [3.05, 3.63) is 83.9 Å². The summed E-state index contributed by atoms with van der Waals surface area (Å²) in [5, 5.41) is 8.43. The first kappa shape index (κ1) is 24.7. The van der Waals surface area contributed by atoms with Gasteiger partial charge in [0, 0.05) is 25.9 Å². The summed E-state index contributed by atoms with van der Waals surface area (Å²) in [6, 6.07) is 23.8. The Labute approximate surface area is 216 Å². The zero-order valence-corrected chi connectivity index (χ0v) is 21.0. The van der Waals surface area contributed by atoms with Crippen LogP contribution in [0.15, 0.2) is 77.9 Å².